The van der Waals surface area contributed by atoms with Crippen LogP contribution in [0.4, 0.5) is 5.13 Å². The number of hydrogen-bond donors (Lipinski definition) is 1. The smallest absolute Gasteiger partial charge is 0.206 e. The minimum Gasteiger partial charge on any atom is -0.497 e. The van der Waals surface area contributed by atoms with Crippen LogP contribution in [0.25, 0.3) is 14.2 Å². The Hall–Kier alpha value is -1.93. The van der Waals surface area contributed by atoms with Gasteiger partial charge in [-0.3, -0.25) is 0 Å². The Morgan fingerprint density at radius 3 is 2.80 bits per heavy atom. The summed E-state index contributed by atoms with van der Waals surface area (Å²) in [4.78, 5) is 0. The van der Waals surface area contributed by atoms with Crippen molar-refractivity contribution >= 4 is 42.6 Å². The number of benzene rings is 2. The van der Waals surface area contributed by atoms with Crippen LogP contribution in [-0.2, 0) is 13.0 Å². The normalized spacial score (nSPS) is 12.6. The van der Waals surface area contributed by atoms with E-state index in [2.05, 4.69) is 62.4 Å². The maximum atomic E-state index is 5.18. The van der Waals surface area contributed by atoms with Crippen molar-refractivity contribution in [3.8, 4) is 16.3 Å². The fraction of sp³-hybridized carbons (Fsp3) is 0.158. The van der Waals surface area contributed by atoms with Crippen molar-refractivity contribution in [3.63, 3.8) is 0 Å². The number of aromatic nitrogens is 2. The zero-order valence-electron chi connectivity index (χ0n) is 13.6. The molecule has 2 aromatic carbocycles. The number of methoxy groups -OCH3 is 1. The Kier molecular flexibility index (Phi) is 4.72. The van der Waals surface area contributed by atoms with Gasteiger partial charge in [-0.15, -0.1) is 10.2 Å². The van der Waals surface area contributed by atoms with Crippen molar-refractivity contribution < 1.29 is 4.74 Å². The second kappa shape index (κ2) is 7.13. The van der Waals surface area contributed by atoms with Gasteiger partial charge in [-0.25, -0.2) is 0 Å². The first-order chi connectivity index (χ1) is 12.2. The highest BCUT2D eigenvalue weighted by molar-refractivity contribution is 14.1. The number of rotatable bonds is 5. The molecule has 1 aliphatic rings. The Morgan fingerprint density at radius 2 is 2.00 bits per heavy atom. The van der Waals surface area contributed by atoms with Crippen LogP contribution >= 0.6 is 33.9 Å². The van der Waals surface area contributed by atoms with Crippen LogP contribution in [0.2, 0.25) is 0 Å². The summed E-state index contributed by atoms with van der Waals surface area (Å²) in [5, 5.41) is 13.7. The monoisotopic (exact) mass is 461 g/mol. The first-order valence-corrected chi connectivity index (χ1v) is 9.82. The van der Waals surface area contributed by atoms with E-state index >= 15 is 0 Å². The van der Waals surface area contributed by atoms with Gasteiger partial charge in [-0.1, -0.05) is 41.7 Å². The molecule has 1 aromatic heterocycles. The SMILES string of the molecule is COc1ccc(CNc2nnc(-c3ccc4c(c3)C(I)=CC4)s2)cc1. The van der Waals surface area contributed by atoms with Crippen molar-refractivity contribution in [2.75, 3.05) is 12.4 Å². The van der Waals surface area contributed by atoms with Gasteiger partial charge in [0.2, 0.25) is 5.13 Å². The zero-order valence-corrected chi connectivity index (χ0v) is 16.6. The van der Waals surface area contributed by atoms with Crippen LogP contribution in [0.15, 0.2) is 48.5 Å². The number of hydrogen-bond acceptors (Lipinski definition) is 5. The fourth-order valence-electron chi connectivity index (χ4n) is 2.75. The third kappa shape index (κ3) is 3.55. The molecule has 1 heterocycles. The Balaban J connectivity index is 1.47. The van der Waals surface area contributed by atoms with Gasteiger partial charge in [0.05, 0.1) is 7.11 Å². The van der Waals surface area contributed by atoms with Crippen LogP contribution in [0.1, 0.15) is 16.7 Å². The third-order valence-electron chi connectivity index (χ3n) is 4.14. The van der Waals surface area contributed by atoms with Gasteiger partial charge in [0.15, 0.2) is 0 Å². The van der Waals surface area contributed by atoms with E-state index in [9.17, 15) is 0 Å². The van der Waals surface area contributed by atoms with E-state index in [0.29, 0.717) is 6.54 Å². The average molecular weight is 461 g/mol. The van der Waals surface area contributed by atoms with E-state index < -0.39 is 0 Å². The molecule has 25 heavy (non-hydrogen) atoms. The number of nitrogens with zero attached hydrogens (tertiary/aromatic N) is 2. The first-order valence-electron chi connectivity index (χ1n) is 7.92. The predicted molar refractivity (Wildman–Crippen MR) is 111 cm³/mol. The molecule has 3 aromatic rings. The van der Waals surface area contributed by atoms with Crippen molar-refractivity contribution in [1.29, 1.82) is 0 Å². The molecular weight excluding hydrogens is 445 g/mol. The van der Waals surface area contributed by atoms with Gasteiger partial charge < -0.3 is 10.1 Å². The summed E-state index contributed by atoms with van der Waals surface area (Å²) in [5.41, 5.74) is 5.00. The van der Waals surface area contributed by atoms with Crippen molar-refractivity contribution in [3.05, 3.63) is 65.2 Å². The second-order valence-electron chi connectivity index (χ2n) is 5.74. The maximum Gasteiger partial charge on any atom is 0.206 e. The van der Waals surface area contributed by atoms with Gasteiger partial charge in [0.25, 0.3) is 0 Å². The maximum absolute atomic E-state index is 5.18. The van der Waals surface area contributed by atoms with Gasteiger partial charge in [0.1, 0.15) is 10.8 Å². The van der Waals surface area contributed by atoms with Gasteiger partial charge >= 0.3 is 0 Å². The van der Waals surface area contributed by atoms with E-state index in [1.807, 2.05) is 24.3 Å². The molecule has 0 atom stereocenters. The van der Waals surface area contributed by atoms with Crippen LogP contribution in [0.5, 0.6) is 5.75 Å². The topological polar surface area (TPSA) is 47.0 Å². The lowest BCUT2D eigenvalue weighted by Crippen LogP contribution is -1.98. The Labute approximate surface area is 164 Å². The minimum absolute atomic E-state index is 0.712. The molecule has 0 saturated carbocycles. The lowest BCUT2D eigenvalue weighted by atomic mass is 10.1. The largest absolute Gasteiger partial charge is 0.497 e. The molecule has 0 fully saturated rings. The summed E-state index contributed by atoms with van der Waals surface area (Å²) in [7, 11) is 1.67. The molecular formula is C19H16IN3OS. The molecule has 0 amide bonds. The molecule has 126 valence electrons. The second-order valence-corrected chi connectivity index (χ2v) is 7.88. The van der Waals surface area contributed by atoms with Crippen LogP contribution in [-0.4, -0.2) is 17.3 Å². The first kappa shape index (κ1) is 16.5. The van der Waals surface area contributed by atoms with Crippen molar-refractivity contribution in [2.24, 2.45) is 0 Å². The van der Waals surface area contributed by atoms with E-state index in [4.69, 9.17) is 4.74 Å². The number of halogens is 1. The zero-order chi connectivity index (χ0) is 17.2. The Morgan fingerprint density at radius 1 is 1.16 bits per heavy atom. The molecule has 6 heteroatoms. The highest BCUT2D eigenvalue weighted by Crippen LogP contribution is 2.36. The molecule has 0 unspecified atom stereocenters. The molecule has 0 radical (unpaired) electrons. The molecule has 0 bridgehead atoms. The van der Waals surface area contributed by atoms with Crippen molar-refractivity contribution in [2.45, 2.75) is 13.0 Å². The van der Waals surface area contributed by atoms with E-state index in [0.717, 1.165) is 27.9 Å². The minimum atomic E-state index is 0.712. The molecule has 4 rings (SSSR count). The van der Waals surface area contributed by atoms with Gasteiger partial charge in [-0.2, -0.15) is 0 Å². The number of anilines is 1. The molecule has 1 N–H and O–H groups in total. The Bertz CT molecular complexity index is 934. The average Bonchev–Trinajstić information content (AvgIpc) is 3.27. The molecule has 0 spiro atoms. The number of allylic oxidation sites excluding steroid dienone is 1. The molecule has 4 nitrogen and oxygen atoms in total. The standard InChI is InChI=1S/C19H16IN3OS/c1-24-15-7-2-12(3-8-15)11-21-19-23-22-18(25-19)14-5-4-13-6-9-17(20)16(13)10-14/h2-5,7-10H,6,11H2,1H3,(H,21,23). The molecule has 0 saturated heterocycles. The van der Waals surface area contributed by atoms with Gasteiger partial charge in [0, 0.05) is 15.7 Å². The van der Waals surface area contributed by atoms with Crippen LogP contribution in [0.3, 0.4) is 0 Å². The van der Waals surface area contributed by atoms with Crippen LogP contribution in [0, 0.1) is 0 Å². The fourth-order valence-corrected chi connectivity index (χ4v) is 4.21. The summed E-state index contributed by atoms with van der Waals surface area (Å²) in [6, 6.07) is 14.6. The third-order valence-corrected chi connectivity index (χ3v) is 6.09. The van der Waals surface area contributed by atoms with Crippen molar-refractivity contribution in [1.82, 2.24) is 10.2 Å². The highest BCUT2D eigenvalue weighted by atomic mass is 127. The van der Waals surface area contributed by atoms with E-state index in [-0.39, 0.29) is 0 Å². The lowest BCUT2D eigenvalue weighted by molar-refractivity contribution is 0.414. The van der Waals surface area contributed by atoms with Crippen LogP contribution < -0.4 is 10.1 Å². The predicted octanol–water partition coefficient (Wildman–Crippen LogP) is 5.16. The van der Waals surface area contributed by atoms with E-state index in [1.165, 1.54) is 20.3 Å². The summed E-state index contributed by atoms with van der Waals surface area (Å²) in [5.74, 6) is 0.863. The number of nitrogens with one attached hydrogen (secondary N) is 1. The molecule has 0 aliphatic heterocycles. The summed E-state index contributed by atoms with van der Waals surface area (Å²) in [6.07, 6.45) is 3.29. The number of fused-ring (bicyclic) bond motifs is 1. The quantitative estimate of drug-likeness (QED) is 0.534. The summed E-state index contributed by atoms with van der Waals surface area (Å²) < 4.78 is 6.49. The summed E-state index contributed by atoms with van der Waals surface area (Å²) in [6.45, 7) is 0.712. The van der Waals surface area contributed by atoms with Gasteiger partial charge in [-0.05, 0) is 63.9 Å². The lowest BCUT2D eigenvalue weighted by Gasteiger charge is -2.04. The highest BCUT2D eigenvalue weighted by Gasteiger charge is 2.14. The summed E-state index contributed by atoms with van der Waals surface area (Å²) >= 11 is 3.98. The number of ether oxygens (including phenoxy) is 1. The molecule has 1 aliphatic carbocycles. The van der Waals surface area contributed by atoms with E-state index in [1.54, 1.807) is 18.4 Å².